The van der Waals surface area contributed by atoms with E-state index >= 15 is 0 Å². The number of benzene rings is 1. The van der Waals surface area contributed by atoms with E-state index in [4.69, 9.17) is 4.74 Å². The van der Waals surface area contributed by atoms with Crippen LogP contribution in [0.15, 0.2) is 12.1 Å². The van der Waals surface area contributed by atoms with E-state index in [-0.39, 0.29) is 36.0 Å². The lowest BCUT2D eigenvalue weighted by molar-refractivity contribution is 0.0874. The summed E-state index contributed by atoms with van der Waals surface area (Å²) in [4.78, 5) is 12.9. The number of ketones is 1. The number of halogens is 3. The second-order valence-corrected chi connectivity index (χ2v) is 12.2. The van der Waals surface area contributed by atoms with Crippen molar-refractivity contribution in [1.29, 1.82) is 0 Å². The Morgan fingerprint density at radius 3 is 1.76 bits per heavy atom. The monoisotopic (exact) mass is 520 g/mol. The van der Waals surface area contributed by atoms with Crippen molar-refractivity contribution < 1.29 is 22.7 Å². The summed E-state index contributed by atoms with van der Waals surface area (Å²) in [5.41, 5.74) is -0.986. The van der Waals surface area contributed by atoms with E-state index in [2.05, 4.69) is 6.92 Å². The molecule has 0 aliphatic heterocycles. The molecule has 3 saturated carbocycles. The lowest BCUT2D eigenvalue weighted by atomic mass is 9.64. The van der Waals surface area contributed by atoms with Gasteiger partial charge >= 0.3 is 0 Å². The maximum absolute atomic E-state index is 14.6. The van der Waals surface area contributed by atoms with Crippen LogP contribution in [0.25, 0.3) is 0 Å². The van der Waals surface area contributed by atoms with Gasteiger partial charge in [0.2, 0.25) is 0 Å². The Kier molecular flexibility index (Phi) is 10.4. The summed E-state index contributed by atoms with van der Waals surface area (Å²) in [7, 11) is 0. The van der Waals surface area contributed by atoms with E-state index in [0.29, 0.717) is 0 Å². The molecular weight excluding hydrogens is 473 g/mol. The van der Waals surface area contributed by atoms with E-state index < -0.39 is 17.8 Å². The molecule has 0 saturated heterocycles. The van der Waals surface area contributed by atoms with Gasteiger partial charge in [-0.1, -0.05) is 32.6 Å². The Morgan fingerprint density at radius 2 is 1.30 bits per heavy atom. The molecule has 0 bridgehead atoms. The molecule has 3 fully saturated rings. The zero-order valence-electron chi connectivity index (χ0n) is 23.0. The van der Waals surface area contributed by atoms with Crippen molar-refractivity contribution in [3.8, 4) is 5.75 Å². The number of hydrogen-bond donors (Lipinski definition) is 0. The largest absolute Gasteiger partial charge is 0.491 e. The molecule has 3 aliphatic carbocycles. The summed E-state index contributed by atoms with van der Waals surface area (Å²) in [6, 6.07) is 2.63. The van der Waals surface area contributed by atoms with E-state index in [9.17, 15) is 18.0 Å². The molecule has 37 heavy (non-hydrogen) atoms. The predicted molar refractivity (Wildman–Crippen MR) is 143 cm³/mol. The number of alkyl halides is 2. The quantitative estimate of drug-likeness (QED) is 0.287. The number of ether oxygens (including phenoxy) is 1. The smallest absolute Gasteiger partial charge is 0.267 e. The molecule has 208 valence electrons. The summed E-state index contributed by atoms with van der Waals surface area (Å²) in [6.07, 6.45) is 15.4. The average Bonchev–Trinajstić information content (AvgIpc) is 2.91. The van der Waals surface area contributed by atoms with Crippen LogP contribution >= 0.6 is 0 Å². The fourth-order valence-corrected chi connectivity index (χ4v) is 7.98. The van der Waals surface area contributed by atoms with Crippen LogP contribution in [0.1, 0.15) is 133 Å². The van der Waals surface area contributed by atoms with Crippen LogP contribution in [-0.2, 0) is 0 Å². The lowest BCUT2D eigenvalue weighted by Gasteiger charge is -2.41. The SMILES string of the molecule is CCCC1CCC(C2CCC(C3CCC(CC(=O)c4ccc(OCC)c(F)c4C(F)F)CC3)CC2)CC1. The molecule has 0 unspecified atom stereocenters. The third kappa shape index (κ3) is 7.12. The van der Waals surface area contributed by atoms with Gasteiger partial charge in [0, 0.05) is 12.0 Å². The van der Waals surface area contributed by atoms with Gasteiger partial charge in [-0.05, 0) is 119 Å². The van der Waals surface area contributed by atoms with Crippen LogP contribution in [0, 0.1) is 41.3 Å². The minimum atomic E-state index is -3.04. The first-order chi connectivity index (χ1) is 17.9. The van der Waals surface area contributed by atoms with E-state index in [1.165, 1.54) is 76.3 Å². The molecule has 4 rings (SSSR count). The summed E-state index contributed by atoms with van der Waals surface area (Å²) in [5.74, 6) is 2.96. The molecule has 5 heteroatoms. The van der Waals surface area contributed by atoms with Gasteiger partial charge < -0.3 is 4.74 Å². The number of rotatable bonds is 10. The first kappa shape index (κ1) is 28.5. The molecular formula is C32H47F3O2. The summed E-state index contributed by atoms with van der Waals surface area (Å²) in [6.45, 7) is 4.16. The molecule has 2 nitrogen and oxygen atoms in total. The van der Waals surface area contributed by atoms with Crippen LogP contribution in [0.4, 0.5) is 13.2 Å². The lowest BCUT2D eigenvalue weighted by Crippen LogP contribution is -2.30. The van der Waals surface area contributed by atoms with Crippen molar-refractivity contribution in [1.82, 2.24) is 0 Å². The Balaban J connectivity index is 1.23. The van der Waals surface area contributed by atoms with E-state index in [1.54, 1.807) is 6.92 Å². The topological polar surface area (TPSA) is 26.3 Å². The van der Waals surface area contributed by atoms with Crippen LogP contribution in [0.2, 0.25) is 0 Å². The van der Waals surface area contributed by atoms with Gasteiger partial charge in [-0.15, -0.1) is 0 Å². The highest BCUT2D eigenvalue weighted by Gasteiger charge is 2.35. The third-order valence-electron chi connectivity index (χ3n) is 10.1. The minimum absolute atomic E-state index is 0.178. The van der Waals surface area contributed by atoms with E-state index in [1.807, 2.05) is 0 Å². The Labute approximate surface area is 222 Å². The van der Waals surface area contributed by atoms with Crippen LogP contribution in [0.5, 0.6) is 5.75 Å². The standard InChI is InChI=1S/C32H47F3O2/c1-3-5-21-6-10-23(11-7-21)25-14-16-26(17-15-25)24-12-8-22(9-13-24)20-28(36)27-18-19-29(37-4-2)31(33)30(27)32(34)35/h18-19,21-26,32H,3-17,20H2,1-2H3. The van der Waals surface area contributed by atoms with Gasteiger partial charge in [-0.3, -0.25) is 4.79 Å². The highest BCUT2D eigenvalue weighted by atomic mass is 19.3. The van der Waals surface area contributed by atoms with Crippen molar-refractivity contribution in [2.45, 2.75) is 117 Å². The van der Waals surface area contributed by atoms with Gasteiger partial charge in [0.15, 0.2) is 17.3 Å². The fourth-order valence-electron chi connectivity index (χ4n) is 7.98. The second-order valence-electron chi connectivity index (χ2n) is 12.2. The minimum Gasteiger partial charge on any atom is -0.491 e. The fraction of sp³-hybridized carbons (Fsp3) is 0.781. The highest BCUT2D eigenvalue weighted by Crippen LogP contribution is 2.46. The number of hydrogen-bond acceptors (Lipinski definition) is 2. The highest BCUT2D eigenvalue weighted by molar-refractivity contribution is 5.98. The van der Waals surface area contributed by atoms with Crippen molar-refractivity contribution in [3.63, 3.8) is 0 Å². The molecule has 0 heterocycles. The first-order valence-corrected chi connectivity index (χ1v) is 15.2. The molecule has 0 spiro atoms. The van der Waals surface area contributed by atoms with Gasteiger partial charge in [0.25, 0.3) is 6.43 Å². The van der Waals surface area contributed by atoms with Crippen molar-refractivity contribution in [2.75, 3.05) is 6.61 Å². The first-order valence-electron chi connectivity index (χ1n) is 15.2. The van der Waals surface area contributed by atoms with Gasteiger partial charge in [-0.25, -0.2) is 13.2 Å². The van der Waals surface area contributed by atoms with E-state index in [0.717, 1.165) is 55.3 Å². The zero-order chi connectivity index (χ0) is 26.4. The molecule has 0 radical (unpaired) electrons. The summed E-state index contributed by atoms with van der Waals surface area (Å²) in [5, 5.41) is 0. The normalized spacial score (nSPS) is 30.9. The van der Waals surface area contributed by atoms with Gasteiger partial charge in [0.1, 0.15) is 0 Å². The Hall–Kier alpha value is -1.52. The molecule has 1 aromatic rings. The molecule has 3 aliphatic rings. The summed E-state index contributed by atoms with van der Waals surface area (Å²) >= 11 is 0. The zero-order valence-corrected chi connectivity index (χ0v) is 23.0. The Bertz CT molecular complexity index is 861. The van der Waals surface area contributed by atoms with Crippen LogP contribution < -0.4 is 4.74 Å². The van der Waals surface area contributed by atoms with Crippen molar-refractivity contribution in [3.05, 3.63) is 29.1 Å². The third-order valence-corrected chi connectivity index (χ3v) is 10.1. The molecule has 0 N–H and O–H groups in total. The molecule has 0 amide bonds. The van der Waals surface area contributed by atoms with Crippen molar-refractivity contribution in [2.24, 2.45) is 35.5 Å². The Morgan fingerprint density at radius 1 is 0.811 bits per heavy atom. The summed E-state index contributed by atoms with van der Waals surface area (Å²) < 4.78 is 47.0. The number of Topliss-reactive ketones (excluding diaryl/α,β-unsaturated/α-hetero) is 1. The number of carbonyl (C=O) groups excluding carboxylic acids is 1. The maximum atomic E-state index is 14.6. The molecule has 0 atom stereocenters. The van der Waals surface area contributed by atoms with Gasteiger partial charge in [0.05, 0.1) is 12.2 Å². The van der Waals surface area contributed by atoms with Crippen molar-refractivity contribution >= 4 is 5.78 Å². The average molecular weight is 521 g/mol. The van der Waals surface area contributed by atoms with Crippen LogP contribution in [-0.4, -0.2) is 12.4 Å². The molecule has 1 aromatic carbocycles. The van der Waals surface area contributed by atoms with Crippen LogP contribution in [0.3, 0.4) is 0 Å². The number of carbonyl (C=O) groups is 1. The maximum Gasteiger partial charge on any atom is 0.267 e. The molecule has 0 aromatic heterocycles. The second kappa shape index (κ2) is 13.5. The predicted octanol–water partition coefficient (Wildman–Crippen LogP) is 9.95. The van der Waals surface area contributed by atoms with Gasteiger partial charge in [-0.2, -0.15) is 0 Å².